The maximum absolute atomic E-state index is 5.67. The predicted octanol–water partition coefficient (Wildman–Crippen LogP) is 1.87. The molecule has 1 atom stereocenters. The summed E-state index contributed by atoms with van der Waals surface area (Å²) < 4.78 is 0. The van der Waals surface area contributed by atoms with Gasteiger partial charge in [0, 0.05) is 24.8 Å². The van der Waals surface area contributed by atoms with Crippen LogP contribution in [0.15, 0.2) is 6.07 Å². The smallest absolute Gasteiger partial charge is 0.226 e. The van der Waals surface area contributed by atoms with Crippen molar-refractivity contribution in [2.24, 2.45) is 11.7 Å². The third kappa shape index (κ3) is 2.57. The summed E-state index contributed by atoms with van der Waals surface area (Å²) in [5, 5.41) is 0. The van der Waals surface area contributed by atoms with Gasteiger partial charge < -0.3 is 10.6 Å². The highest BCUT2D eigenvalue weighted by Crippen LogP contribution is 2.27. The summed E-state index contributed by atoms with van der Waals surface area (Å²) in [6.45, 7) is 8.09. The molecule has 1 unspecified atom stereocenters. The molecule has 1 saturated heterocycles. The van der Waals surface area contributed by atoms with E-state index in [1.807, 2.05) is 13.0 Å². The molecule has 0 amide bonds. The van der Waals surface area contributed by atoms with E-state index in [2.05, 4.69) is 28.7 Å². The summed E-state index contributed by atoms with van der Waals surface area (Å²) in [7, 11) is 0. The summed E-state index contributed by atoms with van der Waals surface area (Å²) in [5.41, 5.74) is 7.61. The van der Waals surface area contributed by atoms with Crippen molar-refractivity contribution in [3.05, 3.63) is 17.5 Å². The van der Waals surface area contributed by atoms with Gasteiger partial charge in [0.2, 0.25) is 5.95 Å². The molecule has 2 heterocycles. The molecule has 2 N–H and O–H groups in total. The predicted molar refractivity (Wildman–Crippen MR) is 69.9 cm³/mol. The van der Waals surface area contributed by atoms with Gasteiger partial charge in [0.1, 0.15) is 0 Å². The Hall–Kier alpha value is -1.16. The van der Waals surface area contributed by atoms with Gasteiger partial charge in [-0.2, -0.15) is 0 Å². The molecule has 1 fully saturated rings. The van der Waals surface area contributed by atoms with E-state index in [1.54, 1.807) is 0 Å². The first-order valence-corrected chi connectivity index (χ1v) is 6.43. The Morgan fingerprint density at radius 3 is 2.88 bits per heavy atom. The topological polar surface area (TPSA) is 55.0 Å². The molecule has 94 valence electrons. The molecule has 17 heavy (non-hydrogen) atoms. The zero-order chi connectivity index (χ0) is 12.4. The highest BCUT2D eigenvalue weighted by Gasteiger charge is 2.29. The molecular weight excluding hydrogens is 212 g/mol. The lowest BCUT2D eigenvalue weighted by Crippen LogP contribution is -2.35. The van der Waals surface area contributed by atoms with Crippen molar-refractivity contribution >= 4 is 5.95 Å². The molecular formula is C13H22N4. The second-order valence-corrected chi connectivity index (χ2v) is 5.15. The third-order valence-corrected chi connectivity index (χ3v) is 3.43. The standard InChI is InChI=1S/C13H22N4/c1-9(2)12-5-4-6-17(12)13-15-10(3)7-11(8-14)16-13/h7,9,12H,4-6,8,14H2,1-3H3. The summed E-state index contributed by atoms with van der Waals surface area (Å²) in [6, 6.07) is 2.53. The van der Waals surface area contributed by atoms with Gasteiger partial charge >= 0.3 is 0 Å². The van der Waals surface area contributed by atoms with Gasteiger partial charge in [-0.05, 0) is 31.7 Å². The van der Waals surface area contributed by atoms with Crippen LogP contribution in [0.4, 0.5) is 5.95 Å². The van der Waals surface area contributed by atoms with Crippen LogP contribution >= 0.6 is 0 Å². The van der Waals surface area contributed by atoms with E-state index in [1.165, 1.54) is 12.8 Å². The zero-order valence-corrected chi connectivity index (χ0v) is 11.0. The van der Waals surface area contributed by atoms with Gasteiger partial charge in [0.05, 0.1) is 5.69 Å². The van der Waals surface area contributed by atoms with Crippen LogP contribution in [0, 0.1) is 12.8 Å². The van der Waals surface area contributed by atoms with E-state index in [4.69, 9.17) is 5.73 Å². The van der Waals surface area contributed by atoms with Crippen molar-refractivity contribution in [1.82, 2.24) is 9.97 Å². The SMILES string of the molecule is Cc1cc(CN)nc(N2CCCC2C(C)C)n1. The maximum Gasteiger partial charge on any atom is 0.226 e. The number of rotatable bonds is 3. The second kappa shape index (κ2) is 5.00. The summed E-state index contributed by atoms with van der Waals surface area (Å²) in [6.07, 6.45) is 2.48. The molecule has 4 heteroatoms. The number of hydrogen-bond acceptors (Lipinski definition) is 4. The van der Waals surface area contributed by atoms with E-state index in [0.29, 0.717) is 18.5 Å². The van der Waals surface area contributed by atoms with Crippen LogP contribution in [0.1, 0.15) is 38.1 Å². The van der Waals surface area contributed by atoms with E-state index < -0.39 is 0 Å². The molecule has 1 aromatic rings. The van der Waals surface area contributed by atoms with Crippen molar-refractivity contribution in [2.75, 3.05) is 11.4 Å². The first-order valence-electron chi connectivity index (χ1n) is 6.43. The minimum atomic E-state index is 0.483. The molecule has 1 aliphatic rings. The average molecular weight is 234 g/mol. The first-order chi connectivity index (χ1) is 8.11. The van der Waals surface area contributed by atoms with Crippen LogP contribution in [0.25, 0.3) is 0 Å². The van der Waals surface area contributed by atoms with Crippen molar-refractivity contribution in [3.63, 3.8) is 0 Å². The molecule has 0 aliphatic carbocycles. The Labute approximate surface area is 103 Å². The van der Waals surface area contributed by atoms with E-state index in [9.17, 15) is 0 Å². The third-order valence-electron chi connectivity index (χ3n) is 3.43. The molecule has 0 aromatic carbocycles. The van der Waals surface area contributed by atoms with Crippen LogP contribution in [0.2, 0.25) is 0 Å². The number of nitrogens with two attached hydrogens (primary N) is 1. The number of nitrogens with zero attached hydrogens (tertiary/aromatic N) is 3. The van der Waals surface area contributed by atoms with Gasteiger partial charge in [0.15, 0.2) is 0 Å². The van der Waals surface area contributed by atoms with E-state index in [0.717, 1.165) is 23.9 Å². The normalized spacial score (nSPS) is 20.3. The Balaban J connectivity index is 2.29. The van der Waals surface area contributed by atoms with Gasteiger partial charge in [-0.1, -0.05) is 13.8 Å². The monoisotopic (exact) mass is 234 g/mol. The summed E-state index contributed by atoms with van der Waals surface area (Å²) >= 11 is 0. The number of aryl methyl sites for hydroxylation is 1. The van der Waals surface area contributed by atoms with Gasteiger partial charge in [-0.15, -0.1) is 0 Å². The van der Waals surface area contributed by atoms with Crippen LogP contribution in [0.5, 0.6) is 0 Å². The lowest BCUT2D eigenvalue weighted by atomic mass is 10.0. The number of aromatic nitrogens is 2. The zero-order valence-electron chi connectivity index (χ0n) is 11.0. The Kier molecular flexibility index (Phi) is 3.62. The Morgan fingerprint density at radius 1 is 1.47 bits per heavy atom. The molecule has 1 aromatic heterocycles. The van der Waals surface area contributed by atoms with Crippen molar-refractivity contribution in [3.8, 4) is 0 Å². The molecule has 0 bridgehead atoms. The van der Waals surface area contributed by atoms with Gasteiger partial charge in [-0.3, -0.25) is 0 Å². The van der Waals surface area contributed by atoms with Crippen LogP contribution in [-0.2, 0) is 6.54 Å². The van der Waals surface area contributed by atoms with Gasteiger partial charge in [0.25, 0.3) is 0 Å². The molecule has 0 saturated carbocycles. The van der Waals surface area contributed by atoms with Gasteiger partial charge in [-0.25, -0.2) is 9.97 Å². The fraction of sp³-hybridized carbons (Fsp3) is 0.692. The fourth-order valence-corrected chi connectivity index (χ4v) is 2.58. The first kappa shape index (κ1) is 12.3. The molecule has 4 nitrogen and oxygen atoms in total. The summed E-state index contributed by atoms with van der Waals surface area (Å²) in [4.78, 5) is 11.5. The van der Waals surface area contributed by atoms with E-state index in [-0.39, 0.29) is 0 Å². The van der Waals surface area contributed by atoms with E-state index >= 15 is 0 Å². The number of hydrogen-bond donors (Lipinski definition) is 1. The lowest BCUT2D eigenvalue weighted by molar-refractivity contribution is 0.486. The molecule has 1 aliphatic heterocycles. The number of anilines is 1. The average Bonchev–Trinajstić information content (AvgIpc) is 2.77. The van der Waals surface area contributed by atoms with Crippen molar-refractivity contribution in [2.45, 2.75) is 46.2 Å². The minimum Gasteiger partial charge on any atom is -0.338 e. The Bertz CT molecular complexity index is 389. The minimum absolute atomic E-state index is 0.483. The van der Waals surface area contributed by atoms with Crippen LogP contribution in [0.3, 0.4) is 0 Å². The quantitative estimate of drug-likeness (QED) is 0.867. The molecule has 2 rings (SSSR count). The van der Waals surface area contributed by atoms with Crippen molar-refractivity contribution < 1.29 is 0 Å². The highest BCUT2D eigenvalue weighted by atomic mass is 15.3. The maximum atomic E-state index is 5.67. The molecule has 0 radical (unpaired) electrons. The Morgan fingerprint density at radius 2 is 2.24 bits per heavy atom. The fourth-order valence-electron chi connectivity index (χ4n) is 2.58. The van der Waals surface area contributed by atoms with Crippen LogP contribution in [-0.4, -0.2) is 22.6 Å². The van der Waals surface area contributed by atoms with Crippen LogP contribution < -0.4 is 10.6 Å². The largest absolute Gasteiger partial charge is 0.338 e. The summed E-state index contributed by atoms with van der Waals surface area (Å²) in [5.74, 6) is 1.50. The lowest BCUT2D eigenvalue weighted by Gasteiger charge is -2.28. The van der Waals surface area contributed by atoms with Crippen molar-refractivity contribution in [1.29, 1.82) is 0 Å². The molecule has 0 spiro atoms. The second-order valence-electron chi connectivity index (χ2n) is 5.15. The highest BCUT2D eigenvalue weighted by molar-refractivity contribution is 5.35.